The third-order valence-corrected chi connectivity index (χ3v) is 3.23. The van der Waals surface area contributed by atoms with E-state index in [1.165, 1.54) is 32.1 Å². The fourth-order valence-corrected chi connectivity index (χ4v) is 2.35. The fourth-order valence-electron chi connectivity index (χ4n) is 2.35. The minimum Gasteiger partial charge on any atom is -0.394 e. The summed E-state index contributed by atoms with van der Waals surface area (Å²) in [6.45, 7) is 2.26. The van der Waals surface area contributed by atoms with Crippen molar-refractivity contribution in [3.05, 3.63) is 6.20 Å². The van der Waals surface area contributed by atoms with Crippen LogP contribution in [0, 0.1) is 0 Å². The molecule has 1 heterocycles. The Labute approximate surface area is 90.8 Å². The van der Waals surface area contributed by atoms with E-state index < -0.39 is 0 Å². The fraction of sp³-hybridized carbons (Fsp3) is 0.727. The first kappa shape index (κ1) is 10.3. The van der Waals surface area contributed by atoms with Gasteiger partial charge in [-0.05, 0) is 19.8 Å². The highest BCUT2D eigenvalue weighted by Gasteiger charge is 2.27. The summed E-state index contributed by atoms with van der Waals surface area (Å²) in [6, 6.07) is 0. The first-order chi connectivity index (χ1) is 7.09. The predicted molar refractivity (Wildman–Crippen MR) is 62.7 cm³/mol. The van der Waals surface area contributed by atoms with Crippen LogP contribution < -0.4 is 11.1 Å². The smallest absolute Gasteiger partial charge is 0.171 e. The van der Waals surface area contributed by atoms with Gasteiger partial charge < -0.3 is 11.1 Å². The third-order valence-electron chi connectivity index (χ3n) is 3.23. The van der Waals surface area contributed by atoms with Crippen LogP contribution in [0.5, 0.6) is 0 Å². The second-order valence-corrected chi connectivity index (χ2v) is 4.85. The number of rotatable bonds is 2. The van der Waals surface area contributed by atoms with Crippen LogP contribution in [0.25, 0.3) is 0 Å². The van der Waals surface area contributed by atoms with Crippen molar-refractivity contribution in [1.82, 2.24) is 9.78 Å². The molecule has 2 rings (SSSR count). The average Bonchev–Trinajstić information content (AvgIpc) is 2.45. The summed E-state index contributed by atoms with van der Waals surface area (Å²) in [5, 5.41) is 7.82. The highest BCUT2D eigenvalue weighted by Crippen LogP contribution is 2.32. The van der Waals surface area contributed by atoms with Crippen LogP contribution in [-0.2, 0) is 7.05 Å². The summed E-state index contributed by atoms with van der Waals surface area (Å²) < 4.78 is 1.75. The molecule has 1 aliphatic carbocycles. The molecule has 0 amide bonds. The van der Waals surface area contributed by atoms with Crippen molar-refractivity contribution in [2.45, 2.75) is 44.6 Å². The molecular formula is C11H20N4. The predicted octanol–water partition coefficient (Wildman–Crippen LogP) is 2.14. The van der Waals surface area contributed by atoms with Crippen molar-refractivity contribution in [2.75, 3.05) is 11.1 Å². The normalized spacial score (nSPS) is 20.1. The number of nitrogens with one attached hydrogen (secondary N) is 1. The van der Waals surface area contributed by atoms with E-state index in [1.54, 1.807) is 4.68 Å². The molecule has 0 unspecified atom stereocenters. The van der Waals surface area contributed by atoms with E-state index in [2.05, 4.69) is 17.3 Å². The lowest BCUT2D eigenvalue weighted by Gasteiger charge is -2.34. The number of aryl methyl sites for hydroxylation is 1. The van der Waals surface area contributed by atoms with Gasteiger partial charge in [-0.25, -0.2) is 0 Å². The van der Waals surface area contributed by atoms with Crippen LogP contribution in [0.15, 0.2) is 6.20 Å². The van der Waals surface area contributed by atoms with Crippen molar-refractivity contribution < 1.29 is 0 Å². The van der Waals surface area contributed by atoms with Gasteiger partial charge in [0.25, 0.3) is 0 Å². The number of nitrogen functional groups attached to an aromatic ring is 1. The molecule has 1 aromatic rings. The second kappa shape index (κ2) is 3.76. The molecule has 84 valence electrons. The van der Waals surface area contributed by atoms with Gasteiger partial charge in [-0.3, -0.25) is 4.68 Å². The van der Waals surface area contributed by atoms with Gasteiger partial charge >= 0.3 is 0 Å². The zero-order valence-corrected chi connectivity index (χ0v) is 9.58. The van der Waals surface area contributed by atoms with Gasteiger partial charge in [0.15, 0.2) is 5.82 Å². The standard InChI is InChI=1S/C11H20N4/c1-11(6-4-3-5-7-11)13-10-9(12)8-15(2)14-10/h8H,3-7,12H2,1-2H3,(H,13,14). The monoisotopic (exact) mass is 208 g/mol. The molecule has 0 saturated heterocycles. The Hall–Kier alpha value is -1.19. The first-order valence-electron chi connectivity index (χ1n) is 5.66. The van der Waals surface area contributed by atoms with E-state index in [0.29, 0.717) is 0 Å². The van der Waals surface area contributed by atoms with Crippen molar-refractivity contribution in [2.24, 2.45) is 7.05 Å². The second-order valence-electron chi connectivity index (χ2n) is 4.85. The van der Waals surface area contributed by atoms with Crippen molar-refractivity contribution >= 4 is 11.5 Å². The van der Waals surface area contributed by atoms with Crippen molar-refractivity contribution in [3.8, 4) is 0 Å². The van der Waals surface area contributed by atoms with E-state index >= 15 is 0 Å². The summed E-state index contributed by atoms with van der Waals surface area (Å²) in [4.78, 5) is 0. The lowest BCUT2D eigenvalue weighted by Crippen LogP contribution is -2.37. The topological polar surface area (TPSA) is 55.9 Å². The maximum atomic E-state index is 5.87. The zero-order valence-electron chi connectivity index (χ0n) is 9.58. The Morgan fingerprint density at radius 3 is 2.60 bits per heavy atom. The summed E-state index contributed by atoms with van der Waals surface area (Å²) in [7, 11) is 1.89. The van der Waals surface area contributed by atoms with Gasteiger partial charge in [-0.2, -0.15) is 5.10 Å². The van der Waals surface area contributed by atoms with Gasteiger partial charge in [0, 0.05) is 18.8 Å². The molecule has 1 aliphatic rings. The molecule has 0 radical (unpaired) electrons. The number of nitrogens with zero attached hydrogens (tertiary/aromatic N) is 2. The molecular weight excluding hydrogens is 188 g/mol. The molecule has 0 spiro atoms. The maximum Gasteiger partial charge on any atom is 0.171 e. The van der Waals surface area contributed by atoms with Gasteiger partial charge in [-0.15, -0.1) is 0 Å². The molecule has 1 fully saturated rings. The minimum absolute atomic E-state index is 0.181. The SMILES string of the molecule is Cn1cc(N)c(NC2(C)CCCCC2)n1. The van der Waals surface area contributed by atoms with Crippen LogP contribution in [0.1, 0.15) is 39.0 Å². The summed E-state index contributed by atoms with van der Waals surface area (Å²) >= 11 is 0. The molecule has 15 heavy (non-hydrogen) atoms. The Morgan fingerprint density at radius 1 is 1.40 bits per heavy atom. The third kappa shape index (κ3) is 2.25. The Bertz CT molecular complexity index is 336. The van der Waals surface area contributed by atoms with E-state index in [-0.39, 0.29) is 5.54 Å². The quantitative estimate of drug-likeness (QED) is 0.783. The van der Waals surface area contributed by atoms with Gasteiger partial charge in [-0.1, -0.05) is 19.3 Å². The van der Waals surface area contributed by atoms with E-state index in [0.717, 1.165) is 11.5 Å². The van der Waals surface area contributed by atoms with E-state index in [1.807, 2.05) is 13.2 Å². The highest BCUT2D eigenvalue weighted by atomic mass is 15.3. The number of hydrogen-bond acceptors (Lipinski definition) is 3. The molecule has 0 aliphatic heterocycles. The first-order valence-corrected chi connectivity index (χ1v) is 5.66. The van der Waals surface area contributed by atoms with Crippen LogP contribution in [0.4, 0.5) is 11.5 Å². The number of anilines is 2. The Morgan fingerprint density at radius 2 is 2.07 bits per heavy atom. The van der Waals surface area contributed by atoms with Crippen LogP contribution in [0.2, 0.25) is 0 Å². The molecule has 0 aromatic carbocycles. The minimum atomic E-state index is 0.181. The van der Waals surface area contributed by atoms with E-state index in [4.69, 9.17) is 5.73 Å². The molecule has 0 atom stereocenters. The molecule has 4 heteroatoms. The van der Waals surface area contributed by atoms with Crippen LogP contribution >= 0.6 is 0 Å². The molecule has 4 nitrogen and oxygen atoms in total. The molecule has 3 N–H and O–H groups in total. The Kier molecular flexibility index (Phi) is 2.59. The van der Waals surface area contributed by atoms with Gasteiger partial charge in [0.2, 0.25) is 0 Å². The largest absolute Gasteiger partial charge is 0.394 e. The molecule has 1 saturated carbocycles. The summed E-state index contributed by atoms with van der Waals surface area (Å²) in [5.74, 6) is 0.835. The van der Waals surface area contributed by atoms with Crippen molar-refractivity contribution in [3.63, 3.8) is 0 Å². The Balaban J connectivity index is 2.09. The van der Waals surface area contributed by atoms with Gasteiger partial charge in [0.1, 0.15) is 0 Å². The maximum absolute atomic E-state index is 5.87. The van der Waals surface area contributed by atoms with Crippen LogP contribution in [-0.4, -0.2) is 15.3 Å². The summed E-state index contributed by atoms with van der Waals surface area (Å²) in [5.41, 5.74) is 6.79. The molecule has 0 bridgehead atoms. The van der Waals surface area contributed by atoms with Gasteiger partial charge in [0.05, 0.1) is 5.69 Å². The number of nitrogens with two attached hydrogens (primary N) is 1. The molecule has 1 aromatic heterocycles. The lowest BCUT2D eigenvalue weighted by atomic mass is 9.83. The van der Waals surface area contributed by atoms with Crippen molar-refractivity contribution in [1.29, 1.82) is 0 Å². The number of aromatic nitrogens is 2. The van der Waals surface area contributed by atoms with Crippen LogP contribution in [0.3, 0.4) is 0 Å². The highest BCUT2D eigenvalue weighted by molar-refractivity contribution is 5.61. The summed E-state index contributed by atoms with van der Waals surface area (Å²) in [6.07, 6.45) is 8.22. The average molecular weight is 208 g/mol. The zero-order chi connectivity index (χ0) is 10.9. The lowest BCUT2D eigenvalue weighted by molar-refractivity contribution is 0.348. The number of hydrogen-bond donors (Lipinski definition) is 2. The van der Waals surface area contributed by atoms with E-state index in [9.17, 15) is 0 Å².